The topological polar surface area (TPSA) is 76.7 Å². The summed E-state index contributed by atoms with van der Waals surface area (Å²) in [5, 5.41) is 5.81. The van der Waals surface area contributed by atoms with Gasteiger partial charge in [-0.15, -0.1) is 0 Å². The van der Waals surface area contributed by atoms with Crippen molar-refractivity contribution in [1.82, 2.24) is 0 Å². The van der Waals surface area contributed by atoms with Crippen molar-refractivity contribution in [2.45, 2.75) is 19.8 Å². The summed E-state index contributed by atoms with van der Waals surface area (Å²) in [6, 6.07) is 14.0. The summed E-state index contributed by atoms with van der Waals surface area (Å²) in [6.45, 7) is 2.59. The van der Waals surface area contributed by atoms with Crippen molar-refractivity contribution < 1.29 is 19.1 Å². The molecule has 2 N–H and O–H groups in total. The minimum absolute atomic E-state index is 0.117. The molecule has 0 aliphatic heterocycles. The average molecular weight is 356 g/mol. The van der Waals surface area contributed by atoms with E-state index < -0.39 is 0 Å². The zero-order chi connectivity index (χ0) is 18.8. The Hall–Kier alpha value is -3.02. The number of carbonyl (C=O) groups is 2. The minimum atomic E-state index is -0.331. The van der Waals surface area contributed by atoms with Gasteiger partial charge in [-0.1, -0.05) is 13.3 Å². The molecule has 6 nitrogen and oxygen atoms in total. The molecule has 0 unspecified atom stereocenters. The molecule has 0 aliphatic carbocycles. The summed E-state index contributed by atoms with van der Waals surface area (Å²) in [4.78, 5) is 23.8. The number of hydrogen-bond acceptors (Lipinski definition) is 5. The van der Waals surface area contributed by atoms with Crippen molar-refractivity contribution in [3.8, 4) is 5.75 Å². The molecule has 0 atom stereocenters. The summed E-state index contributed by atoms with van der Waals surface area (Å²) in [5.41, 5.74) is 1.94. The van der Waals surface area contributed by atoms with Crippen molar-refractivity contribution in [2.24, 2.45) is 0 Å². The highest BCUT2D eigenvalue weighted by Gasteiger charge is 2.07. The number of nitrogens with one attached hydrogen (secondary N) is 2. The lowest BCUT2D eigenvalue weighted by atomic mass is 10.2. The van der Waals surface area contributed by atoms with Gasteiger partial charge in [0.1, 0.15) is 5.75 Å². The second kappa shape index (κ2) is 10.1. The van der Waals surface area contributed by atoms with E-state index >= 15 is 0 Å². The number of ether oxygens (including phenoxy) is 2. The summed E-state index contributed by atoms with van der Waals surface area (Å²) < 4.78 is 10.2. The highest BCUT2D eigenvalue weighted by Crippen LogP contribution is 2.15. The fraction of sp³-hybridized carbons (Fsp3) is 0.300. The van der Waals surface area contributed by atoms with E-state index in [-0.39, 0.29) is 18.4 Å². The minimum Gasteiger partial charge on any atom is -0.497 e. The summed E-state index contributed by atoms with van der Waals surface area (Å²) in [5.74, 6) is 0.231. The number of hydrogen-bond donors (Lipinski definition) is 2. The van der Waals surface area contributed by atoms with Crippen LogP contribution in [0.1, 0.15) is 30.1 Å². The highest BCUT2D eigenvalue weighted by molar-refractivity contribution is 5.94. The Morgan fingerprint density at radius 1 is 0.962 bits per heavy atom. The van der Waals surface area contributed by atoms with E-state index in [0.29, 0.717) is 17.9 Å². The fourth-order valence-electron chi connectivity index (χ4n) is 2.18. The molecule has 0 bridgehead atoms. The van der Waals surface area contributed by atoms with Crippen LogP contribution in [0.2, 0.25) is 0 Å². The Morgan fingerprint density at radius 2 is 1.62 bits per heavy atom. The Bertz CT molecular complexity index is 712. The zero-order valence-corrected chi connectivity index (χ0v) is 15.1. The van der Waals surface area contributed by atoms with E-state index in [4.69, 9.17) is 9.47 Å². The normalized spacial score (nSPS) is 10.1. The number of benzene rings is 2. The van der Waals surface area contributed by atoms with Gasteiger partial charge in [-0.2, -0.15) is 0 Å². The third-order valence-electron chi connectivity index (χ3n) is 3.68. The van der Waals surface area contributed by atoms with Crippen LogP contribution in [0, 0.1) is 0 Å². The van der Waals surface area contributed by atoms with Gasteiger partial charge in [-0.25, -0.2) is 4.79 Å². The maximum Gasteiger partial charge on any atom is 0.338 e. The molecule has 0 saturated carbocycles. The number of esters is 1. The summed E-state index contributed by atoms with van der Waals surface area (Å²) in [6.07, 6.45) is 1.84. The molecule has 0 aromatic heterocycles. The monoisotopic (exact) mass is 356 g/mol. The second-order valence-corrected chi connectivity index (χ2v) is 5.70. The number of amides is 1. The Balaban J connectivity index is 1.79. The molecule has 2 aromatic carbocycles. The van der Waals surface area contributed by atoms with Crippen LogP contribution in [0.3, 0.4) is 0 Å². The summed E-state index contributed by atoms with van der Waals surface area (Å²) >= 11 is 0. The van der Waals surface area contributed by atoms with Gasteiger partial charge in [0, 0.05) is 11.4 Å². The lowest BCUT2D eigenvalue weighted by Gasteiger charge is -2.09. The first kappa shape index (κ1) is 19.3. The molecule has 0 spiro atoms. The first-order valence-corrected chi connectivity index (χ1v) is 8.57. The second-order valence-electron chi connectivity index (χ2n) is 5.70. The van der Waals surface area contributed by atoms with Crippen LogP contribution >= 0.6 is 0 Å². The van der Waals surface area contributed by atoms with E-state index in [1.54, 1.807) is 55.6 Å². The van der Waals surface area contributed by atoms with E-state index in [1.165, 1.54) is 0 Å². The maximum absolute atomic E-state index is 12.0. The molecule has 2 rings (SSSR count). The number of rotatable bonds is 9. The molecule has 6 heteroatoms. The smallest absolute Gasteiger partial charge is 0.338 e. The van der Waals surface area contributed by atoms with Crippen molar-refractivity contribution in [3.63, 3.8) is 0 Å². The number of anilines is 2. The third kappa shape index (κ3) is 6.12. The Kier molecular flexibility index (Phi) is 7.49. The zero-order valence-electron chi connectivity index (χ0n) is 15.1. The SMILES string of the molecule is CCCCOC(=O)c1ccc(NCC(=O)Nc2ccc(OC)cc2)cc1. The van der Waals surface area contributed by atoms with Crippen LogP contribution in [-0.4, -0.2) is 32.1 Å². The molecule has 0 radical (unpaired) electrons. The first-order chi connectivity index (χ1) is 12.6. The number of carbonyl (C=O) groups excluding carboxylic acids is 2. The lowest BCUT2D eigenvalue weighted by molar-refractivity contribution is -0.114. The van der Waals surface area contributed by atoms with Crippen molar-refractivity contribution in [3.05, 3.63) is 54.1 Å². The molecule has 2 aromatic rings. The number of methoxy groups -OCH3 is 1. The molecule has 1 amide bonds. The molecule has 138 valence electrons. The van der Waals surface area contributed by atoms with Gasteiger partial charge in [0.15, 0.2) is 0 Å². The predicted molar refractivity (Wildman–Crippen MR) is 102 cm³/mol. The standard InChI is InChI=1S/C20H24N2O4/c1-3-4-13-26-20(24)15-5-7-16(8-6-15)21-14-19(23)22-17-9-11-18(25-2)12-10-17/h5-12,21H,3-4,13-14H2,1-2H3,(H,22,23). The molecule has 0 saturated heterocycles. The number of unbranched alkanes of at least 4 members (excludes halogenated alkanes) is 1. The molecule has 26 heavy (non-hydrogen) atoms. The first-order valence-electron chi connectivity index (χ1n) is 8.57. The predicted octanol–water partition coefficient (Wildman–Crippen LogP) is 3.70. The van der Waals surface area contributed by atoms with Gasteiger partial charge in [0.25, 0.3) is 0 Å². The molecule has 0 aliphatic rings. The fourth-order valence-corrected chi connectivity index (χ4v) is 2.18. The van der Waals surface area contributed by atoms with Gasteiger partial charge >= 0.3 is 5.97 Å². The van der Waals surface area contributed by atoms with E-state index in [1.807, 2.05) is 6.92 Å². The van der Waals surface area contributed by atoms with Gasteiger partial charge in [-0.05, 0) is 55.0 Å². The third-order valence-corrected chi connectivity index (χ3v) is 3.68. The van der Waals surface area contributed by atoms with Gasteiger partial charge in [-0.3, -0.25) is 4.79 Å². The molecule has 0 heterocycles. The largest absolute Gasteiger partial charge is 0.497 e. The van der Waals surface area contributed by atoms with Crippen LogP contribution in [0.5, 0.6) is 5.75 Å². The van der Waals surface area contributed by atoms with Crippen LogP contribution in [0.25, 0.3) is 0 Å². The van der Waals surface area contributed by atoms with Gasteiger partial charge in [0.2, 0.25) is 5.91 Å². The maximum atomic E-state index is 12.0. The Labute approximate surface area is 153 Å². The molecular weight excluding hydrogens is 332 g/mol. The average Bonchev–Trinajstić information content (AvgIpc) is 2.67. The van der Waals surface area contributed by atoms with Crippen LogP contribution < -0.4 is 15.4 Å². The molecule has 0 fully saturated rings. The molecular formula is C20H24N2O4. The van der Waals surface area contributed by atoms with E-state index in [2.05, 4.69) is 10.6 Å². The van der Waals surface area contributed by atoms with E-state index in [9.17, 15) is 9.59 Å². The summed E-state index contributed by atoms with van der Waals surface area (Å²) in [7, 11) is 1.59. The van der Waals surface area contributed by atoms with Crippen molar-refractivity contribution in [2.75, 3.05) is 30.9 Å². The Morgan fingerprint density at radius 3 is 2.23 bits per heavy atom. The van der Waals surface area contributed by atoms with Crippen molar-refractivity contribution in [1.29, 1.82) is 0 Å². The van der Waals surface area contributed by atoms with Gasteiger partial charge in [0.05, 0.1) is 25.8 Å². The lowest BCUT2D eigenvalue weighted by Crippen LogP contribution is -2.21. The quantitative estimate of drug-likeness (QED) is 0.529. The van der Waals surface area contributed by atoms with Gasteiger partial charge < -0.3 is 20.1 Å². The van der Waals surface area contributed by atoms with E-state index in [0.717, 1.165) is 24.3 Å². The van der Waals surface area contributed by atoms with Crippen LogP contribution in [-0.2, 0) is 9.53 Å². The van der Waals surface area contributed by atoms with Crippen molar-refractivity contribution >= 4 is 23.3 Å². The van der Waals surface area contributed by atoms with Crippen LogP contribution in [0.15, 0.2) is 48.5 Å². The van der Waals surface area contributed by atoms with Crippen LogP contribution in [0.4, 0.5) is 11.4 Å². The highest BCUT2D eigenvalue weighted by atomic mass is 16.5.